The molecule has 1 amide bonds. The van der Waals surface area contributed by atoms with Gasteiger partial charge in [0.2, 0.25) is 5.89 Å². The number of carbonyl (C=O) groups excluding carboxylic acids is 1. The molecule has 138 valence electrons. The molecule has 1 N–H and O–H groups in total. The lowest BCUT2D eigenvalue weighted by atomic mass is 10.1. The van der Waals surface area contributed by atoms with E-state index in [1.165, 1.54) is 18.2 Å². The van der Waals surface area contributed by atoms with Gasteiger partial charge in [-0.1, -0.05) is 24.3 Å². The molecule has 1 aromatic heterocycles. The van der Waals surface area contributed by atoms with Crippen molar-refractivity contribution in [1.82, 2.24) is 4.98 Å². The van der Waals surface area contributed by atoms with Crippen LogP contribution in [0.5, 0.6) is 0 Å². The summed E-state index contributed by atoms with van der Waals surface area (Å²) in [4.78, 5) is 27.5. The zero-order chi connectivity index (χ0) is 19.7. The topological polar surface area (TPSA) is 98.3 Å². The Labute approximate surface area is 172 Å². The summed E-state index contributed by atoms with van der Waals surface area (Å²) in [6.07, 6.45) is 0. The Bertz CT molecular complexity index is 1220. The van der Waals surface area contributed by atoms with Gasteiger partial charge in [-0.3, -0.25) is 14.9 Å². The molecular weight excluding hydrogens is 473 g/mol. The van der Waals surface area contributed by atoms with Gasteiger partial charge in [-0.15, -0.1) is 0 Å². The number of halogens is 1. The number of amides is 1. The van der Waals surface area contributed by atoms with Crippen molar-refractivity contribution in [2.24, 2.45) is 0 Å². The first kappa shape index (κ1) is 18.1. The third-order valence-corrected chi connectivity index (χ3v) is 5.05. The number of para-hydroxylation sites is 1. The van der Waals surface area contributed by atoms with Crippen LogP contribution < -0.4 is 5.32 Å². The van der Waals surface area contributed by atoms with Gasteiger partial charge < -0.3 is 9.73 Å². The van der Waals surface area contributed by atoms with E-state index in [9.17, 15) is 14.9 Å². The summed E-state index contributed by atoms with van der Waals surface area (Å²) < 4.78 is 6.59. The van der Waals surface area contributed by atoms with Crippen molar-refractivity contribution in [3.05, 3.63) is 86.0 Å². The third kappa shape index (κ3) is 3.46. The van der Waals surface area contributed by atoms with E-state index in [0.717, 1.165) is 3.57 Å². The molecule has 0 saturated heterocycles. The molecule has 1 heterocycles. The molecule has 8 heteroatoms. The standard InChI is InChI=1S/C20H12IN3O4/c21-15-7-3-1-5-13(15)19(25)22-16-8-4-2-6-14(16)20-23-17-11-12(24(26)27)9-10-18(17)28-20/h1-11H,(H,22,25). The zero-order valence-corrected chi connectivity index (χ0v) is 16.4. The average molecular weight is 485 g/mol. The molecule has 4 rings (SSSR count). The second-order valence-corrected chi connectivity index (χ2v) is 7.07. The number of anilines is 1. The molecule has 28 heavy (non-hydrogen) atoms. The first-order valence-electron chi connectivity index (χ1n) is 8.23. The Hall–Kier alpha value is -3.27. The van der Waals surface area contributed by atoms with Crippen molar-refractivity contribution < 1.29 is 14.1 Å². The molecular formula is C20H12IN3O4. The number of nitro benzene ring substituents is 1. The fraction of sp³-hybridized carbons (Fsp3) is 0. The second kappa shape index (κ2) is 7.39. The van der Waals surface area contributed by atoms with Gasteiger partial charge in [0.1, 0.15) is 5.52 Å². The third-order valence-electron chi connectivity index (χ3n) is 4.11. The fourth-order valence-electron chi connectivity index (χ4n) is 2.76. The SMILES string of the molecule is O=C(Nc1ccccc1-c1nc2cc([N+](=O)[O-])ccc2o1)c1ccccc1I. The molecule has 0 fully saturated rings. The number of benzene rings is 3. The highest BCUT2D eigenvalue weighted by atomic mass is 127. The summed E-state index contributed by atoms with van der Waals surface area (Å²) in [5, 5.41) is 13.8. The van der Waals surface area contributed by atoms with Gasteiger partial charge in [0.15, 0.2) is 5.58 Å². The second-order valence-electron chi connectivity index (χ2n) is 5.91. The number of hydrogen-bond acceptors (Lipinski definition) is 5. The molecule has 0 unspecified atom stereocenters. The van der Waals surface area contributed by atoms with E-state index >= 15 is 0 Å². The largest absolute Gasteiger partial charge is 0.436 e. The van der Waals surface area contributed by atoms with Crippen molar-refractivity contribution in [3.63, 3.8) is 0 Å². The lowest BCUT2D eigenvalue weighted by Crippen LogP contribution is -2.14. The molecule has 0 spiro atoms. The summed E-state index contributed by atoms with van der Waals surface area (Å²) in [5.41, 5.74) is 2.43. The average Bonchev–Trinajstić information content (AvgIpc) is 3.11. The smallest absolute Gasteiger partial charge is 0.271 e. The number of oxazole rings is 1. The van der Waals surface area contributed by atoms with Crippen LogP contribution in [0.1, 0.15) is 10.4 Å². The van der Waals surface area contributed by atoms with Gasteiger partial charge in [-0.25, -0.2) is 4.98 Å². The van der Waals surface area contributed by atoms with Gasteiger partial charge in [-0.2, -0.15) is 0 Å². The van der Waals surface area contributed by atoms with Crippen LogP contribution in [0.2, 0.25) is 0 Å². The minimum atomic E-state index is -0.483. The van der Waals surface area contributed by atoms with Gasteiger partial charge in [-0.05, 0) is 52.9 Å². The summed E-state index contributed by atoms with van der Waals surface area (Å²) >= 11 is 2.11. The van der Waals surface area contributed by atoms with E-state index < -0.39 is 4.92 Å². The van der Waals surface area contributed by atoms with E-state index in [4.69, 9.17) is 4.42 Å². The van der Waals surface area contributed by atoms with Gasteiger partial charge in [0.25, 0.3) is 11.6 Å². The highest BCUT2D eigenvalue weighted by Gasteiger charge is 2.17. The Morgan fingerprint density at radius 3 is 2.61 bits per heavy atom. The summed E-state index contributed by atoms with van der Waals surface area (Å²) in [6.45, 7) is 0. The maximum atomic E-state index is 12.7. The first-order chi connectivity index (χ1) is 13.5. The normalized spacial score (nSPS) is 10.8. The minimum absolute atomic E-state index is 0.0624. The summed E-state index contributed by atoms with van der Waals surface area (Å²) in [7, 11) is 0. The molecule has 4 aromatic rings. The number of hydrogen-bond donors (Lipinski definition) is 1. The molecule has 0 aliphatic heterocycles. The summed E-state index contributed by atoms with van der Waals surface area (Å²) in [5.74, 6) is 0.0263. The van der Waals surface area contributed by atoms with Crippen LogP contribution >= 0.6 is 22.6 Å². The Balaban J connectivity index is 1.72. The van der Waals surface area contributed by atoms with Crippen LogP contribution in [0, 0.1) is 13.7 Å². The Morgan fingerprint density at radius 1 is 1.07 bits per heavy atom. The number of non-ortho nitro benzene ring substituents is 1. The van der Waals surface area contributed by atoms with Crippen LogP contribution in [-0.4, -0.2) is 15.8 Å². The predicted molar refractivity (Wildman–Crippen MR) is 113 cm³/mol. The van der Waals surface area contributed by atoms with Gasteiger partial charge in [0, 0.05) is 15.7 Å². The number of nitro groups is 1. The molecule has 0 saturated carbocycles. The van der Waals surface area contributed by atoms with E-state index in [1.54, 1.807) is 36.4 Å². The number of nitrogens with zero attached hydrogens (tertiary/aromatic N) is 2. The zero-order valence-electron chi connectivity index (χ0n) is 14.3. The molecule has 0 radical (unpaired) electrons. The highest BCUT2D eigenvalue weighted by Crippen LogP contribution is 2.31. The maximum absolute atomic E-state index is 12.7. The maximum Gasteiger partial charge on any atom is 0.271 e. The van der Waals surface area contributed by atoms with E-state index in [2.05, 4.69) is 32.9 Å². The Kier molecular flexibility index (Phi) is 4.78. The molecule has 7 nitrogen and oxygen atoms in total. The number of aromatic nitrogens is 1. The molecule has 0 bridgehead atoms. The highest BCUT2D eigenvalue weighted by molar-refractivity contribution is 14.1. The van der Waals surface area contributed by atoms with Crippen molar-refractivity contribution in [1.29, 1.82) is 0 Å². The number of nitrogens with one attached hydrogen (secondary N) is 1. The molecule has 3 aromatic carbocycles. The van der Waals surface area contributed by atoms with Crippen molar-refractivity contribution >= 4 is 51.0 Å². The lowest BCUT2D eigenvalue weighted by molar-refractivity contribution is -0.384. The van der Waals surface area contributed by atoms with E-state index in [-0.39, 0.29) is 17.5 Å². The van der Waals surface area contributed by atoms with Crippen LogP contribution in [0.4, 0.5) is 11.4 Å². The number of carbonyl (C=O) groups is 1. The molecule has 0 aliphatic carbocycles. The van der Waals surface area contributed by atoms with Crippen molar-refractivity contribution in [2.75, 3.05) is 5.32 Å². The lowest BCUT2D eigenvalue weighted by Gasteiger charge is -2.09. The van der Waals surface area contributed by atoms with Crippen LogP contribution in [0.25, 0.3) is 22.6 Å². The van der Waals surface area contributed by atoms with Crippen molar-refractivity contribution in [2.45, 2.75) is 0 Å². The van der Waals surface area contributed by atoms with E-state index in [1.807, 2.05) is 12.1 Å². The number of rotatable bonds is 4. The van der Waals surface area contributed by atoms with E-state index in [0.29, 0.717) is 27.9 Å². The monoisotopic (exact) mass is 485 g/mol. The fourth-order valence-corrected chi connectivity index (χ4v) is 3.39. The van der Waals surface area contributed by atoms with Gasteiger partial charge >= 0.3 is 0 Å². The number of fused-ring (bicyclic) bond motifs is 1. The predicted octanol–water partition coefficient (Wildman–Crippen LogP) is 5.26. The van der Waals surface area contributed by atoms with Crippen LogP contribution in [0.3, 0.4) is 0 Å². The van der Waals surface area contributed by atoms with Crippen LogP contribution in [-0.2, 0) is 0 Å². The van der Waals surface area contributed by atoms with Crippen LogP contribution in [0.15, 0.2) is 71.1 Å². The van der Waals surface area contributed by atoms with Gasteiger partial charge in [0.05, 0.1) is 21.7 Å². The first-order valence-corrected chi connectivity index (χ1v) is 9.31. The van der Waals surface area contributed by atoms with Crippen molar-refractivity contribution in [3.8, 4) is 11.5 Å². The molecule has 0 atom stereocenters. The molecule has 0 aliphatic rings. The minimum Gasteiger partial charge on any atom is -0.436 e. The Morgan fingerprint density at radius 2 is 1.82 bits per heavy atom. The quantitative estimate of drug-likeness (QED) is 0.242. The summed E-state index contributed by atoms with van der Waals surface area (Å²) in [6, 6.07) is 18.6.